The Bertz CT molecular complexity index is 1010. The third kappa shape index (κ3) is 4.78. The maximum atomic E-state index is 2.24. The summed E-state index contributed by atoms with van der Waals surface area (Å²) in [6.45, 7) is 8.61. The lowest BCUT2D eigenvalue weighted by atomic mass is 9.96. The van der Waals surface area contributed by atoms with E-state index >= 15 is 0 Å². The Balaban J connectivity index is 0.000000161. The highest BCUT2D eigenvalue weighted by Crippen LogP contribution is 2.26. The van der Waals surface area contributed by atoms with Crippen LogP contribution in [0.2, 0.25) is 0 Å². The molecular weight excluding hydrogens is 336 g/mol. The van der Waals surface area contributed by atoms with Crippen molar-refractivity contribution in [1.82, 2.24) is 0 Å². The fourth-order valence-corrected chi connectivity index (χ4v) is 3.54. The summed E-state index contributed by atoms with van der Waals surface area (Å²) in [7, 11) is 0. The highest BCUT2D eigenvalue weighted by molar-refractivity contribution is 5.70. The van der Waals surface area contributed by atoms with Crippen LogP contribution < -0.4 is 0 Å². The molecular formula is C28H28. The molecule has 4 aromatic rings. The smallest absolute Gasteiger partial charge is 0.0125 e. The monoisotopic (exact) mass is 364 g/mol. The first-order valence-corrected chi connectivity index (χ1v) is 9.80. The topological polar surface area (TPSA) is 0 Å². The second-order valence-corrected chi connectivity index (χ2v) is 7.32. The molecule has 4 aromatic carbocycles. The Kier molecular flexibility index (Phi) is 6.45. The quantitative estimate of drug-likeness (QED) is 0.338. The maximum absolute atomic E-state index is 2.24. The Morgan fingerprint density at radius 2 is 0.964 bits per heavy atom. The molecule has 0 atom stereocenters. The van der Waals surface area contributed by atoms with E-state index in [2.05, 4.69) is 125 Å². The van der Waals surface area contributed by atoms with E-state index in [-0.39, 0.29) is 0 Å². The zero-order chi connectivity index (χ0) is 19.9. The largest absolute Gasteiger partial charge is 0.0622 e. The van der Waals surface area contributed by atoms with Gasteiger partial charge in [0, 0.05) is 0 Å². The summed E-state index contributed by atoms with van der Waals surface area (Å²) in [4.78, 5) is 0. The van der Waals surface area contributed by atoms with E-state index in [1.807, 2.05) is 0 Å². The van der Waals surface area contributed by atoms with E-state index in [1.165, 1.54) is 44.5 Å². The van der Waals surface area contributed by atoms with Crippen LogP contribution in [-0.2, 0) is 0 Å². The molecule has 0 aromatic heterocycles. The first kappa shape index (κ1) is 19.6. The zero-order valence-electron chi connectivity index (χ0n) is 17.2. The van der Waals surface area contributed by atoms with Gasteiger partial charge in [0.05, 0.1) is 0 Å². The SMILES string of the molecule is Cc1ccc(C)c(-c2ccccc2)c1.Cc1cccc(C)c1-c1ccccc1. The van der Waals surface area contributed by atoms with Crippen molar-refractivity contribution in [3.05, 3.63) is 119 Å². The van der Waals surface area contributed by atoms with Gasteiger partial charge in [0.15, 0.2) is 0 Å². The predicted molar refractivity (Wildman–Crippen MR) is 123 cm³/mol. The lowest BCUT2D eigenvalue weighted by Gasteiger charge is -2.09. The van der Waals surface area contributed by atoms with Crippen molar-refractivity contribution < 1.29 is 0 Å². The summed E-state index contributed by atoms with van der Waals surface area (Å²) < 4.78 is 0. The van der Waals surface area contributed by atoms with Gasteiger partial charge in [-0.15, -0.1) is 0 Å². The molecule has 0 nitrogen and oxygen atoms in total. The van der Waals surface area contributed by atoms with Gasteiger partial charge in [-0.3, -0.25) is 0 Å². The molecule has 0 radical (unpaired) electrons. The lowest BCUT2D eigenvalue weighted by molar-refractivity contribution is 1.38. The summed E-state index contributed by atoms with van der Waals surface area (Å²) in [6, 6.07) is 34.1. The molecule has 0 saturated heterocycles. The number of hydrogen-bond donors (Lipinski definition) is 0. The fourth-order valence-electron chi connectivity index (χ4n) is 3.54. The Morgan fingerprint density at radius 3 is 1.54 bits per heavy atom. The molecule has 4 rings (SSSR count). The third-order valence-corrected chi connectivity index (χ3v) is 5.02. The minimum Gasteiger partial charge on any atom is -0.0622 e. The van der Waals surface area contributed by atoms with Gasteiger partial charge in [-0.1, -0.05) is 103 Å². The van der Waals surface area contributed by atoms with Crippen molar-refractivity contribution in [2.45, 2.75) is 27.7 Å². The van der Waals surface area contributed by atoms with Gasteiger partial charge in [0.2, 0.25) is 0 Å². The minimum atomic E-state index is 1.30. The summed E-state index contributed by atoms with van der Waals surface area (Å²) in [5.41, 5.74) is 10.7. The van der Waals surface area contributed by atoms with Crippen molar-refractivity contribution >= 4 is 0 Å². The van der Waals surface area contributed by atoms with Gasteiger partial charge in [-0.25, -0.2) is 0 Å². The Hall–Kier alpha value is -3.12. The van der Waals surface area contributed by atoms with Gasteiger partial charge >= 0.3 is 0 Å². The van der Waals surface area contributed by atoms with E-state index in [0.717, 1.165) is 0 Å². The first-order chi connectivity index (χ1) is 13.6. The van der Waals surface area contributed by atoms with E-state index in [4.69, 9.17) is 0 Å². The van der Waals surface area contributed by atoms with Crippen LogP contribution in [0, 0.1) is 27.7 Å². The molecule has 0 heterocycles. The van der Waals surface area contributed by atoms with Gasteiger partial charge in [-0.2, -0.15) is 0 Å². The molecule has 0 fully saturated rings. The zero-order valence-corrected chi connectivity index (χ0v) is 17.2. The lowest BCUT2D eigenvalue weighted by Crippen LogP contribution is -1.86. The van der Waals surface area contributed by atoms with Crippen LogP contribution in [-0.4, -0.2) is 0 Å². The highest BCUT2D eigenvalue weighted by atomic mass is 14.1. The van der Waals surface area contributed by atoms with Crippen LogP contribution in [0.5, 0.6) is 0 Å². The van der Waals surface area contributed by atoms with Crippen molar-refractivity contribution in [2.24, 2.45) is 0 Å². The molecule has 0 amide bonds. The van der Waals surface area contributed by atoms with E-state index < -0.39 is 0 Å². The standard InChI is InChI=1S/2C14H14/c1-11-7-6-8-12(2)14(11)13-9-4-3-5-10-13;1-11-8-9-12(2)14(10-11)13-6-4-3-5-7-13/h2*3-10H,1-2H3. The Morgan fingerprint density at radius 1 is 0.429 bits per heavy atom. The normalized spacial score (nSPS) is 10.1. The van der Waals surface area contributed by atoms with Crippen LogP contribution in [0.1, 0.15) is 22.3 Å². The van der Waals surface area contributed by atoms with Crippen molar-refractivity contribution in [1.29, 1.82) is 0 Å². The average Bonchev–Trinajstić information content (AvgIpc) is 2.72. The molecule has 28 heavy (non-hydrogen) atoms. The van der Waals surface area contributed by atoms with Crippen LogP contribution in [0.4, 0.5) is 0 Å². The van der Waals surface area contributed by atoms with E-state index in [9.17, 15) is 0 Å². The third-order valence-electron chi connectivity index (χ3n) is 5.02. The summed E-state index contributed by atoms with van der Waals surface area (Å²) in [6.07, 6.45) is 0. The highest BCUT2D eigenvalue weighted by Gasteiger charge is 2.03. The first-order valence-electron chi connectivity index (χ1n) is 9.80. The van der Waals surface area contributed by atoms with E-state index in [0.29, 0.717) is 0 Å². The molecule has 0 aliphatic carbocycles. The maximum Gasteiger partial charge on any atom is -0.0125 e. The van der Waals surface area contributed by atoms with Crippen LogP contribution >= 0.6 is 0 Å². The summed E-state index contributed by atoms with van der Waals surface area (Å²) >= 11 is 0. The molecule has 0 unspecified atom stereocenters. The van der Waals surface area contributed by atoms with Crippen LogP contribution in [0.15, 0.2) is 97.1 Å². The fraction of sp³-hybridized carbons (Fsp3) is 0.143. The molecule has 0 spiro atoms. The molecule has 0 aliphatic heterocycles. The molecule has 0 heteroatoms. The second-order valence-electron chi connectivity index (χ2n) is 7.32. The molecule has 0 bridgehead atoms. The second kappa shape index (κ2) is 9.19. The van der Waals surface area contributed by atoms with Gasteiger partial charge in [-0.05, 0) is 66.6 Å². The Labute approximate surface area is 169 Å². The van der Waals surface area contributed by atoms with Gasteiger partial charge in [0.25, 0.3) is 0 Å². The van der Waals surface area contributed by atoms with Crippen molar-refractivity contribution in [3.63, 3.8) is 0 Å². The number of rotatable bonds is 2. The summed E-state index contributed by atoms with van der Waals surface area (Å²) in [5, 5.41) is 0. The van der Waals surface area contributed by atoms with Gasteiger partial charge in [0.1, 0.15) is 0 Å². The van der Waals surface area contributed by atoms with Gasteiger partial charge < -0.3 is 0 Å². The minimum absolute atomic E-state index is 1.30. The average molecular weight is 365 g/mol. The molecule has 0 N–H and O–H groups in total. The van der Waals surface area contributed by atoms with Crippen LogP contribution in [0.3, 0.4) is 0 Å². The number of benzene rings is 4. The van der Waals surface area contributed by atoms with Crippen LogP contribution in [0.25, 0.3) is 22.3 Å². The molecule has 140 valence electrons. The van der Waals surface area contributed by atoms with E-state index in [1.54, 1.807) is 0 Å². The molecule has 0 aliphatic rings. The number of hydrogen-bond acceptors (Lipinski definition) is 0. The number of aryl methyl sites for hydroxylation is 4. The predicted octanol–water partition coefficient (Wildman–Crippen LogP) is 7.94. The van der Waals surface area contributed by atoms with Crippen molar-refractivity contribution in [2.75, 3.05) is 0 Å². The summed E-state index contributed by atoms with van der Waals surface area (Å²) in [5.74, 6) is 0. The van der Waals surface area contributed by atoms with Crippen molar-refractivity contribution in [3.8, 4) is 22.3 Å². The molecule has 0 saturated carbocycles.